The molecule has 5 amide bonds. The predicted molar refractivity (Wildman–Crippen MR) is 342 cm³/mol. The highest BCUT2D eigenvalue weighted by Gasteiger charge is 2.16. The third-order valence-corrected chi connectivity index (χ3v) is 12.8. The summed E-state index contributed by atoms with van der Waals surface area (Å²) >= 11 is 0. The van der Waals surface area contributed by atoms with Gasteiger partial charge in [-0.15, -0.1) is 0 Å². The molecule has 0 unspecified atom stereocenters. The third kappa shape index (κ3) is 16.7. The molecule has 86 heavy (non-hydrogen) atoms. The Morgan fingerprint density at radius 3 is 1.24 bits per heavy atom. The van der Waals surface area contributed by atoms with Crippen molar-refractivity contribution in [2.24, 2.45) is 53.6 Å². The van der Waals surface area contributed by atoms with Crippen molar-refractivity contribution in [3.8, 4) is 5.75 Å². The summed E-state index contributed by atoms with van der Waals surface area (Å²) in [4.78, 5) is 92.5. The van der Waals surface area contributed by atoms with E-state index >= 15 is 0 Å². The smallest absolute Gasteiger partial charge is 0.274 e. The molecule has 446 valence electrons. The molecule has 0 spiro atoms. The first-order chi connectivity index (χ1) is 41.1. The second-order valence-corrected chi connectivity index (χ2v) is 18.9. The van der Waals surface area contributed by atoms with Crippen molar-refractivity contribution in [2.45, 2.75) is 27.7 Å². The van der Waals surface area contributed by atoms with Crippen molar-refractivity contribution in [1.82, 2.24) is 51.5 Å². The maximum Gasteiger partial charge on any atom is 0.274 e. The fourth-order valence-corrected chi connectivity index (χ4v) is 8.22. The first kappa shape index (κ1) is 63.5. The topological polar surface area (TPSA) is 426 Å². The molecule has 10 rings (SSSR count). The minimum atomic E-state index is -0.337. The third-order valence-electron chi connectivity index (χ3n) is 12.8. The van der Waals surface area contributed by atoms with Crippen molar-refractivity contribution >= 4 is 114 Å². The van der Waals surface area contributed by atoms with Crippen LogP contribution in [0.2, 0.25) is 0 Å². The summed E-state index contributed by atoms with van der Waals surface area (Å²) in [6.45, 7) is 8.00. The van der Waals surface area contributed by atoms with Crippen molar-refractivity contribution in [1.29, 1.82) is 0 Å². The zero-order chi connectivity index (χ0) is 62.8. The van der Waals surface area contributed by atoms with E-state index in [1.807, 2.05) is 125 Å². The molecule has 0 aliphatic rings. The van der Waals surface area contributed by atoms with Gasteiger partial charge in [0.05, 0.1) is 7.11 Å². The molecular formula is C60H70N20O6. The van der Waals surface area contributed by atoms with Gasteiger partial charge in [-0.05, 0) is 111 Å². The van der Waals surface area contributed by atoms with Gasteiger partial charge in [-0.1, -0.05) is 60.2 Å². The Hall–Kier alpha value is -11.7. The molecule has 10 aromatic rings. The number of para-hydroxylation sites is 1. The molecule has 0 fully saturated rings. The number of nitrogens with two attached hydrogens (primary N) is 5. The number of amides is 5. The number of nitrogens with one attached hydrogen (secondary N) is 10. The Morgan fingerprint density at radius 2 is 0.756 bits per heavy atom. The zero-order valence-electron chi connectivity index (χ0n) is 49.1. The molecule has 5 heterocycles. The number of H-pyrrole nitrogens is 5. The van der Waals surface area contributed by atoms with Crippen molar-refractivity contribution in [2.75, 3.05) is 42.3 Å². The average molecular weight is 1170 g/mol. The lowest BCUT2D eigenvalue weighted by atomic mass is 10.1. The van der Waals surface area contributed by atoms with Gasteiger partial charge in [0.25, 0.3) is 29.5 Å². The van der Waals surface area contributed by atoms with Crippen LogP contribution in [0, 0.1) is 27.7 Å². The number of aromatic amines is 5. The summed E-state index contributed by atoms with van der Waals surface area (Å²) in [5.74, 6) is -0.302. The normalized spacial score (nSPS) is 11.7. The number of hydrogen-bond donors (Lipinski definition) is 15. The van der Waals surface area contributed by atoms with Gasteiger partial charge in [0, 0.05) is 89.8 Å². The van der Waals surface area contributed by atoms with Crippen molar-refractivity contribution in [3.05, 3.63) is 172 Å². The highest BCUT2D eigenvalue weighted by atomic mass is 16.5. The summed E-state index contributed by atoms with van der Waals surface area (Å²) < 4.78 is 5.22. The van der Waals surface area contributed by atoms with Crippen LogP contribution < -0.4 is 60.0 Å². The Balaban J connectivity index is 0.000000172. The van der Waals surface area contributed by atoms with Crippen LogP contribution in [0.3, 0.4) is 0 Å². The van der Waals surface area contributed by atoms with Gasteiger partial charge >= 0.3 is 0 Å². The quantitative estimate of drug-likeness (QED) is 0.0733. The SMILES string of the molecule is CN=C(N)NC(=O)c1cc2c(C)cccc2[nH]1.CN=C(N)NC(=O)c1cc2c(OC)cccc2[nH]1.CN=C(N)NC(=O)c1cc2cc(C)ccc2[nH]1.CN=C(N)NC(=O)c1cc2ccc(C)cc2[nH]1.CN=C(N)NC(=O)c1cc2cccc(C)c2[nH]1. The maximum absolute atomic E-state index is 11.8. The maximum atomic E-state index is 11.8. The van der Waals surface area contributed by atoms with Crippen LogP contribution in [0.15, 0.2) is 146 Å². The number of rotatable bonds is 6. The lowest BCUT2D eigenvalue weighted by Crippen LogP contribution is -2.36. The second kappa shape index (κ2) is 29.3. The molecule has 5 aromatic heterocycles. The molecule has 0 aliphatic heterocycles. The molecule has 0 atom stereocenters. The number of carbonyl (C=O) groups is 5. The van der Waals surface area contributed by atoms with Crippen LogP contribution in [0.5, 0.6) is 5.75 Å². The molecule has 5 aromatic carbocycles. The average Bonchev–Trinajstić information content (AvgIpc) is 4.54. The van der Waals surface area contributed by atoms with Crippen LogP contribution in [0.1, 0.15) is 74.7 Å². The number of aromatic nitrogens is 5. The molecule has 0 aliphatic carbocycles. The Morgan fingerprint density at radius 1 is 0.372 bits per heavy atom. The predicted octanol–water partition coefficient (Wildman–Crippen LogP) is 5.45. The first-order valence-corrected chi connectivity index (χ1v) is 26.3. The number of ether oxygens (including phenoxy) is 1. The van der Waals surface area contributed by atoms with Crippen molar-refractivity contribution < 1.29 is 28.7 Å². The largest absolute Gasteiger partial charge is 0.496 e. The van der Waals surface area contributed by atoms with E-state index in [9.17, 15) is 24.0 Å². The lowest BCUT2D eigenvalue weighted by molar-refractivity contribution is 0.0964. The van der Waals surface area contributed by atoms with Crippen LogP contribution in [0.25, 0.3) is 54.5 Å². The van der Waals surface area contributed by atoms with Gasteiger partial charge in [0.2, 0.25) is 0 Å². The van der Waals surface area contributed by atoms with Gasteiger partial charge < -0.3 is 58.3 Å². The Bertz CT molecular complexity index is 4050. The highest BCUT2D eigenvalue weighted by molar-refractivity contribution is 6.10. The first-order valence-electron chi connectivity index (χ1n) is 26.3. The van der Waals surface area contributed by atoms with Gasteiger partial charge in [-0.25, -0.2) is 0 Å². The summed E-state index contributed by atoms with van der Waals surface area (Å²) in [6, 6.07) is 38.1. The number of methoxy groups -OCH3 is 1. The van der Waals surface area contributed by atoms with Crippen molar-refractivity contribution in [3.63, 3.8) is 0 Å². The number of aliphatic imine (C=N–C) groups is 5. The number of fused-ring (bicyclic) bond motifs is 5. The lowest BCUT2D eigenvalue weighted by Gasteiger charge is -2.00. The number of benzene rings is 5. The van der Waals surface area contributed by atoms with Crippen LogP contribution in [-0.4, -0.2) is 127 Å². The highest BCUT2D eigenvalue weighted by Crippen LogP contribution is 2.26. The monoisotopic (exact) mass is 1170 g/mol. The summed E-state index contributed by atoms with van der Waals surface area (Å²) in [6.07, 6.45) is 0. The van der Waals surface area contributed by atoms with Gasteiger partial charge in [0.15, 0.2) is 29.8 Å². The summed E-state index contributed by atoms with van der Waals surface area (Å²) in [5.41, 5.74) is 38.6. The fourth-order valence-electron chi connectivity index (χ4n) is 8.22. The van der Waals surface area contributed by atoms with Crippen LogP contribution in [-0.2, 0) is 0 Å². The van der Waals surface area contributed by atoms with E-state index in [0.29, 0.717) is 34.2 Å². The molecule has 0 radical (unpaired) electrons. The van der Waals surface area contributed by atoms with Crippen LogP contribution >= 0.6 is 0 Å². The fraction of sp³-hybridized carbons (Fsp3) is 0.167. The molecule has 0 bridgehead atoms. The minimum Gasteiger partial charge on any atom is -0.496 e. The number of nitrogens with zero attached hydrogens (tertiary/aromatic N) is 5. The summed E-state index contributed by atoms with van der Waals surface area (Å²) in [5, 5.41) is 17.3. The number of carbonyl (C=O) groups excluding carboxylic acids is 5. The molecular weight excluding hydrogens is 1100 g/mol. The minimum absolute atomic E-state index is 0.0746. The van der Waals surface area contributed by atoms with Gasteiger partial charge in [0.1, 0.15) is 34.2 Å². The molecule has 26 heteroatoms. The van der Waals surface area contributed by atoms with E-state index in [1.54, 1.807) is 31.4 Å². The number of aryl methyl sites for hydroxylation is 4. The van der Waals surface area contributed by atoms with E-state index in [2.05, 4.69) is 76.5 Å². The number of guanidine groups is 5. The summed E-state index contributed by atoms with van der Waals surface area (Å²) in [7, 11) is 9.16. The standard InChI is InChI=1S/C12H14N4O2.4C12H14N4O/c1-14-12(13)16-11(17)9-6-7-8(15-9)4-3-5-10(7)18-2;1-7-3-4-9-8(5-7)6-10(15-9)11(17)16-12(13)14-2;1-7-3-4-8-6-10(15-9(8)5-7)11(17)16-12(13)14-2;1-7-4-3-5-9-8(7)6-10(15-9)11(17)16-12(13)14-2;1-7-4-3-5-8-6-9(15-10(7)8)11(17)16-12(13)14-2/h3-6,15H,1-2H3,(H3,13,14,16,17);4*3-6,15H,1-2H3,(H3,13,14,16,17). The van der Waals surface area contributed by atoms with Gasteiger partial charge in [-0.2, -0.15) is 0 Å². The van der Waals surface area contributed by atoms with E-state index in [-0.39, 0.29) is 59.3 Å². The van der Waals surface area contributed by atoms with E-state index in [1.165, 1.54) is 35.2 Å². The Labute approximate surface area is 493 Å². The molecule has 26 nitrogen and oxygen atoms in total. The zero-order valence-corrected chi connectivity index (χ0v) is 49.1. The number of hydrogen-bond acceptors (Lipinski definition) is 11. The second-order valence-electron chi connectivity index (χ2n) is 18.9. The van der Waals surface area contributed by atoms with E-state index in [0.717, 1.165) is 76.8 Å². The van der Waals surface area contributed by atoms with E-state index < -0.39 is 0 Å². The Kier molecular flexibility index (Phi) is 21.6. The molecule has 0 saturated heterocycles. The van der Waals surface area contributed by atoms with Gasteiger partial charge in [-0.3, -0.25) is 75.5 Å². The van der Waals surface area contributed by atoms with Crippen LogP contribution in [0.4, 0.5) is 0 Å². The molecule has 0 saturated carbocycles. The molecule has 20 N–H and O–H groups in total. The van der Waals surface area contributed by atoms with E-state index in [4.69, 9.17) is 33.4 Å².